The van der Waals surface area contributed by atoms with Crippen molar-refractivity contribution in [3.05, 3.63) is 101 Å². The van der Waals surface area contributed by atoms with E-state index in [4.69, 9.17) is 24.4 Å². The number of alkyl carbamates (subject to hydrolysis) is 1. The van der Waals surface area contributed by atoms with Crippen molar-refractivity contribution < 1.29 is 23.9 Å². The van der Waals surface area contributed by atoms with Crippen LogP contribution >= 0.6 is 0 Å². The highest BCUT2D eigenvalue weighted by Gasteiger charge is 2.39. The molecular weight excluding hydrogens is 809 g/mol. The largest absolute Gasteiger partial charge is 0.488 e. The van der Waals surface area contributed by atoms with Gasteiger partial charge in [-0.1, -0.05) is 56.3 Å². The van der Waals surface area contributed by atoms with E-state index in [1.165, 1.54) is 12.7 Å². The summed E-state index contributed by atoms with van der Waals surface area (Å²) in [6.07, 6.45) is 6.18. The van der Waals surface area contributed by atoms with Crippen LogP contribution in [0, 0.1) is 5.92 Å². The molecule has 4 aliphatic rings. The number of imidazole rings is 2. The number of likely N-dealkylation sites (tertiary alicyclic amines) is 2. The van der Waals surface area contributed by atoms with Crippen molar-refractivity contribution in [2.45, 2.75) is 83.1 Å². The van der Waals surface area contributed by atoms with Crippen LogP contribution in [0.1, 0.15) is 91.7 Å². The van der Waals surface area contributed by atoms with Crippen molar-refractivity contribution >= 4 is 23.9 Å². The molecule has 334 valence electrons. The number of aromatic amines is 2. The van der Waals surface area contributed by atoms with E-state index in [1.807, 2.05) is 98.2 Å². The third kappa shape index (κ3) is 7.96. The van der Waals surface area contributed by atoms with E-state index in [-0.39, 0.29) is 29.8 Å². The molecule has 5 aromatic rings. The molecule has 0 bridgehead atoms. The molecule has 3 N–H and O–H groups in total. The molecule has 15 heteroatoms. The number of hydrogen-bond acceptors (Lipinski definition) is 8. The zero-order valence-corrected chi connectivity index (χ0v) is 37.8. The fraction of sp³-hybridized carbons (Fsp3) is 0.429. The highest BCUT2D eigenvalue weighted by atomic mass is 16.5. The van der Waals surface area contributed by atoms with E-state index in [2.05, 4.69) is 45.6 Å². The summed E-state index contributed by atoms with van der Waals surface area (Å²) in [5.74, 6) is 2.83. The molecule has 5 heterocycles. The summed E-state index contributed by atoms with van der Waals surface area (Å²) < 4.78 is 11.3. The molecule has 9 rings (SSSR count). The molecule has 3 aromatic carbocycles. The van der Waals surface area contributed by atoms with E-state index in [0.717, 1.165) is 112 Å². The zero-order valence-electron chi connectivity index (χ0n) is 37.8. The number of aryl methyl sites for hydroxylation is 2. The van der Waals surface area contributed by atoms with Gasteiger partial charge in [0.15, 0.2) is 12.0 Å². The van der Waals surface area contributed by atoms with E-state index in [1.54, 1.807) is 0 Å². The Morgan fingerprint density at radius 1 is 0.844 bits per heavy atom. The van der Waals surface area contributed by atoms with Crippen molar-refractivity contribution in [3.8, 4) is 39.4 Å². The molecule has 1 aliphatic carbocycles. The highest BCUT2D eigenvalue weighted by molar-refractivity contribution is 5.89. The molecule has 3 aliphatic heterocycles. The second-order valence-electron chi connectivity index (χ2n) is 18.1. The van der Waals surface area contributed by atoms with Gasteiger partial charge in [-0.2, -0.15) is 0 Å². The summed E-state index contributed by atoms with van der Waals surface area (Å²) >= 11 is 0. The number of benzene rings is 3. The van der Waals surface area contributed by atoms with Gasteiger partial charge in [0, 0.05) is 52.4 Å². The molecule has 3 amide bonds. The molecule has 2 aromatic heterocycles. The van der Waals surface area contributed by atoms with Crippen molar-refractivity contribution in [1.82, 2.24) is 44.9 Å². The molecular formula is C49H58N10O5. The summed E-state index contributed by atoms with van der Waals surface area (Å²) in [6.45, 7) is 5.47. The number of hydrogen-bond donors (Lipinski definition) is 3. The quantitative estimate of drug-likeness (QED) is 0.104. The zero-order chi connectivity index (χ0) is 44.8. The monoisotopic (exact) mass is 866 g/mol. The first-order valence-corrected chi connectivity index (χ1v) is 22.4. The number of amides is 3. The van der Waals surface area contributed by atoms with Crippen LogP contribution in [0.4, 0.5) is 4.79 Å². The maximum atomic E-state index is 14.6. The number of aromatic nitrogens is 4. The average Bonchev–Trinajstić information content (AvgIpc) is 4.14. The van der Waals surface area contributed by atoms with Gasteiger partial charge in [0.2, 0.25) is 5.91 Å². The minimum atomic E-state index is -0.694. The Kier molecular flexibility index (Phi) is 11.7. The van der Waals surface area contributed by atoms with Crippen LogP contribution in [0.2, 0.25) is 0 Å². The predicted octanol–water partition coefficient (Wildman–Crippen LogP) is 7.05. The molecule has 0 radical (unpaired) electrons. The molecule has 2 saturated heterocycles. The van der Waals surface area contributed by atoms with Gasteiger partial charge in [-0.3, -0.25) is 9.59 Å². The number of carbonyl (C=O) groups excluding carboxylic acids is 3. The number of carbonyl (C=O) groups is 3. The predicted molar refractivity (Wildman–Crippen MR) is 244 cm³/mol. The number of H-pyrrole nitrogens is 2. The number of methoxy groups -OCH3 is 1. The van der Waals surface area contributed by atoms with Crippen LogP contribution in [0.5, 0.6) is 5.75 Å². The third-order valence-electron chi connectivity index (χ3n) is 13.1. The first-order valence-electron chi connectivity index (χ1n) is 22.4. The van der Waals surface area contributed by atoms with Crippen LogP contribution in [0.3, 0.4) is 0 Å². The third-order valence-corrected chi connectivity index (χ3v) is 13.1. The van der Waals surface area contributed by atoms with E-state index in [9.17, 15) is 14.4 Å². The van der Waals surface area contributed by atoms with E-state index < -0.39 is 18.2 Å². The number of ether oxygens (including phenoxy) is 2. The summed E-state index contributed by atoms with van der Waals surface area (Å²) in [4.78, 5) is 70.2. The van der Waals surface area contributed by atoms with E-state index >= 15 is 0 Å². The maximum absolute atomic E-state index is 14.6. The van der Waals surface area contributed by atoms with Gasteiger partial charge in [-0.15, -0.1) is 0 Å². The summed E-state index contributed by atoms with van der Waals surface area (Å²) in [5.41, 5.74) is 10.3. The molecule has 0 unspecified atom stereocenters. The maximum Gasteiger partial charge on any atom is 0.407 e. The lowest BCUT2D eigenvalue weighted by Gasteiger charge is -2.30. The molecule has 15 nitrogen and oxygen atoms in total. The van der Waals surface area contributed by atoms with E-state index in [0.29, 0.717) is 19.7 Å². The second kappa shape index (κ2) is 17.5. The summed E-state index contributed by atoms with van der Waals surface area (Å²) in [5, 5.41) is 2.72. The Morgan fingerprint density at radius 2 is 1.56 bits per heavy atom. The van der Waals surface area contributed by atoms with Crippen molar-refractivity contribution in [2.75, 3.05) is 48.4 Å². The SMILES string of the molecule is COC(=O)N[C@H](C(=O)N1CCC[C@H]1c1ncc(-c2ccc3c(c2)COc2cc4c(cc2-3)CCc2nc([C@@H]3CCCN3C(=O)[C@H](N=C(N(C)C)N(C)C)c3ccccc3)[nH]c2-4)[nH]1)C(C)C. The number of fused-ring (bicyclic) bond motifs is 6. The fourth-order valence-corrected chi connectivity index (χ4v) is 9.91. The molecule has 64 heavy (non-hydrogen) atoms. The second-order valence-corrected chi connectivity index (χ2v) is 18.1. The van der Waals surface area contributed by atoms with Gasteiger partial charge in [-0.05, 0) is 90.5 Å². The average molecular weight is 867 g/mol. The van der Waals surface area contributed by atoms with Gasteiger partial charge in [-0.25, -0.2) is 19.8 Å². The number of nitrogens with one attached hydrogen (secondary N) is 3. The Labute approximate surface area is 374 Å². The molecule has 0 spiro atoms. The topological polar surface area (TPSA) is 164 Å². The number of guanidine groups is 1. The van der Waals surface area contributed by atoms with Gasteiger partial charge in [0.25, 0.3) is 5.91 Å². The summed E-state index contributed by atoms with van der Waals surface area (Å²) in [6, 6.07) is 18.9. The van der Waals surface area contributed by atoms with Crippen LogP contribution < -0.4 is 10.1 Å². The highest BCUT2D eigenvalue weighted by Crippen LogP contribution is 2.46. The first-order chi connectivity index (χ1) is 30.9. The van der Waals surface area contributed by atoms with Crippen LogP contribution in [-0.2, 0) is 33.8 Å². The summed E-state index contributed by atoms with van der Waals surface area (Å²) in [7, 11) is 9.08. The van der Waals surface area contributed by atoms with Gasteiger partial charge >= 0.3 is 6.09 Å². The Balaban J connectivity index is 0.946. The van der Waals surface area contributed by atoms with Gasteiger partial charge < -0.3 is 44.4 Å². The molecule has 4 atom stereocenters. The number of rotatable bonds is 9. The lowest BCUT2D eigenvalue weighted by molar-refractivity contribution is -0.135. The van der Waals surface area contributed by atoms with Crippen LogP contribution in [-0.4, -0.2) is 118 Å². The molecule has 2 fully saturated rings. The lowest BCUT2D eigenvalue weighted by atomic mass is 9.86. The van der Waals surface area contributed by atoms with Crippen LogP contribution in [0.25, 0.3) is 33.6 Å². The Morgan fingerprint density at radius 3 is 2.27 bits per heavy atom. The first kappa shape index (κ1) is 42.7. The minimum absolute atomic E-state index is 0.0273. The molecule has 0 saturated carbocycles. The minimum Gasteiger partial charge on any atom is -0.488 e. The fourth-order valence-electron chi connectivity index (χ4n) is 9.91. The van der Waals surface area contributed by atoms with Crippen LogP contribution in [0.15, 0.2) is 71.9 Å². The van der Waals surface area contributed by atoms with Gasteiger partial charge in [0.05, 0.1) is 42.5 Å². The lowest BCUT2D eigenvalue weighted by Crippen LogP contribution is -2.51. The number of nitrogens with zero attached hydrogens (tertiary/aromatic N) is 7. The van der Waals surface area contributed by atoms with Crippen molar-refractivity contribution in [2.24, 2.45) is 10.9 Å². The standard InChI is InChI=1S/C49H58N10O5/c1-28(2)41(55-49(62)63-7)46(60)58-21-11-15-38(58)44-50-26-37(52-44)31-17-19-33-32(23-31)27-64-40-25-34-30(24-35(33)40)18-20-36-43(34)53-45(51-36)39-16-12-22-59(39)47(61)42(29-13-9-8-10-14-29)54-48(56(3)4)57(5)6/h8-10,13-14,17,19,23-26,28,38-39,41-42H,11-12,15-16,18,20-22,27H2,1-7H3,(H,50,52)(H,51,53)(H,55,62)/t38-,39-,41-,42+/m0/s1. The van der Waals surface area contributed by atoms with Crippen molar-refractivity contribution in [1.29, 1.82) is 0 Å². The Hall–Kier alpha value is -6.64. The van der Waals surface area contributed by atoms with Gasteiger partial charge in [0.1, 0.15) is 30.0 Å². The van der Waals surface area contributed by atoms with Crippen molar-refractivity contribution in [3.63, 3.8) is 0 Å². The normalized spacial score (nSPS) is 18.2. The number of aliphatic imine (C=N–C) groups is 1. The Bertz CT molecular complexity index is 2590. The smallest absolute Gasteiger partial charge is 0.407 e.